The maximum absolute atomic E-state index is 5.88. The van der Waals surface area contributed by atoms with E-state index in [2.05, 4.69) is 47.8 Å². The van der Waals surface area contributed by atoms with Crippen LogP contribution >= 0.6 is 47.8 Å². The van der Waals surface area contributed by atoms with Crippen molar-refractivity contribution in [2.75, 3.05) is 7.11 Å². The van der Waals surface area contributed by atoms with E-state index < -0.39 is 0 Å². The summed E-state index contributed by atoms with van der Waals surface area (Å²) in [6.45, 7) is 0.509. The zero-order valence-electron chi connectivity index (χ0n) is 10.8. The fraction of sp³-hybridized carbons (Fsp3) is 0.200. The molecule has 0 saturated carbocycles. The number of hydrogen-bond donors (Lipinski definition) is 0. The first kappa shape index (κ1) is 15.9. The lowest BCUT2D eigenvalue weighted by atomic mass is 10.2. The second-order valence-electron chi connectivity index (χ2n) is 4.16. The quantitative estimate of drug-likeness (QED) is 0.529. The van der Waals surface area contributed by atoms with Crippen LogP contribution in [-0.4, -0.2) is 7.11 Å². The van der Waals surface area contributed by atoms with Gasteiger partial charge in [0.05, 0.1) is 16.1 Å². The van der Waals surface area contributed by atoms with Crippen molar-refractivity contribution in [3.05, 3.63) is 56.5 Å². The maximum Gasteiger partial charge on any atom is 0.148 e. The highest BCUT2D eigenvalue weighted by Gasteiger charge is 2.09. The molecular weight excluding hydrogens is 452 g/mol. The second kappa shape index (κ2) is 7.48. The Morgan fingerprint density at radius 1 is 0.950 bits per heavy atom. The number of alkyl halides is 1. The van der Waals surface area contributed by atoms with E-state index >= 15 is 0 Å². The van der Waals surface area contributed by atoms with Crippen molar-refractivity contribution >= 4 is 47.8 Å². The van der Waals surface area contributed by atoms with Crippen LogP contribution in [0.25, 0.3) is 0 Å². The maximum atomic E-state index is 5.88. The topological polar surface area (TPSA) is 18.5 Å². The molecule has 0 aromatic heterocycles. The van der Waals surface area contributed by atoms with E-state index in [0.717, 1.165) is 31.3 Å². The van der Waals surface area contributed by atoms with Gasteiger partial charge in [-0.2, -0.15) is 0 Å². The van der Waals surface area contributed by atoms with Crippen LogP contribution in [0, 0.1) is 0 Å². The molecule has 0 saturated heterocycles. The fourth-order valence-corrected chi connectivity index (χ4v) is 3.54. The predicted molar refractivity (Wildman–Crippen MR) is 91.8 cm³/mol. The highest BCUT2D eigenvalue weighted by atomic mass is 79.9. The third-order valence-corrected chi connectivity index (χ3v) is 4.58. The summed E-state index contributed by atoms with van der Waals surface area (Å²) in [6, 6.07) is 11.9. The number of rotatable bonds is 5. The second-order valence-corrected chi connectivity index (χ2v) is 6.43. The molecule has 20 heavy (non-hydrogen) atoms. The summed E-state index contributed by atoms with van der Waals surface area (Å²) in [4.78, 5) is 0. The van der Waals surface area contributed by atoms with Gasteiger partial charge < -0.3 is 9.47 Å². The smallest absolute Gasteiger partial charge is 0.148 e. The van der Waals surface area contributed by atoms with E-state index in [1.54, 1.807) is 7.11 Å². The van der Waals surface area contributed by atoms with Gasteiger partial charge in [0.15, 0.2) is 0 Å². The number of methoxy groups -OCH3 is 1. The first-order valence-electron chi connectivity index (χ1n) is 5.93. The molecule has 0 heterocycles. The van der Waals surface area contributed by atoms with Gasteiger partial charge in [0.1, 0.15) is 18.1 Å². The molecule has 2 nitrogen and oxygen atoms in total. The molecule has 0 unspecified atom stereocenters. The lowest BCUT2D eigenvalue weighted by Gasteiger charge is -2.12. The van der Waals surface area contributed by atoms with Crippen LogP contribution in [0.2, 0.25) is 0 Å². The molecule has 0 spiro atoms. The summed E-state index contributed by atoms with van der Waals surface area (Å²) < 4.78 is 12.9. The van der Waals surface area contributed by atoms with Crippen molar-refractivity contribution in [3.8, 4) is 11.5 Å². The molecular formula is C15H13Br3O2. The standard InChI is InChI=1S/C15H13Br3O2/c1-19-12-4-2-10(3-5-12)9-20-15-13(17)6-11(8-16)7-14(15)18/h2-7H,8-9H2,1H3. The van der Waals surface area contributed by atoms with Gasteiger partial charge in [0.25, 0.3) is 0 Å². The van der Waals surface area contributed by atoms with Crippen molar-refractivity contribution in [3.63, 3.8) is 0 Å². The van der Waals surface area contributed by atoms with E-state index in [9.17, 15) is 0 Å². The lowest BCUT2D eigenvalue weighted by molar-refractivity contribution is 0.302. The van der Waals surface area contributed by atoms with Crippen LogP contribution in [0.5, 0.6) is 11.5 Å². The first-order valence-corrected chi connectivity index (χ1v) is 8.64. The van der Waals surface area contributed by atoms with Gasteiger partial charge >= 0.3 is 0 Å². The molecule has 0 aliphatic rings. The molecule has 106 valence electrons. The van der Waals surface area contributed by atoms with Crippen LogP contribution in [0.4, 0.5) is 0 Å². The summed E-state index contributed by atoms with van der Waals surface area (Å²) in [5, 5.41) is 0.808. The fourth-order valence-electron chi connectivity index (χ4n) is 1.70. The molecule has 2 aromatic carbocycles. The van der Waals surface area contributed by atoms with Gasteiger partial charge in [0, 0.05) is 5.33 Å². The van der Waals surface area contributed by atoms with Crippen LogP contribution in [-0.2, 0) is 11.9 Å². The van der Waals surface area contributed by atoms with Crippen LogP contribution in [0.15, 0.2) is 45.3 Å². The minimum absolute atomic E-state index is 0.509. The molecule has 0 bridgehead atoms. The molecule has 2 rings (SSSR count). The van der Waals surface area contributed by atoms with Crippen LogP contribution in [0.3, 0.4) is 0 Å². The lowest BCUT2D eigenvalue weighted by Crippen LogP contribution is -1.97. The molecule has 0 aliphatic carbocycles. The van der Waals surface area contributed by atoms with E-state index in [1.165, 1.54) is 5.56 Å². The Kier molecular flexibility index (Phi) is 5.93. The molecule has 0 N–H and O–H groups in total. The van der Waals surface area contributed by atoms with Gasteiger partial charge in [0.2, 0.25) is 0 Å². The zero-order valence-corrected chi connectivity index (χ0v) is 15.6. The van der Waals surface area contributed by atoms with E-state index in [0.29, 0.717) is 6.61 Å². The summed E-state index contributed by atoms with van der Waals surface area (Å²) in [7, 11) is 1.66. The molecule has 0 fully saturated rings. The SMILES string of the molecule is COc1ccc(COc2c(Br)cc(CBr)cc2Br)cc1. The highest BCUT2D eigenvalue weighted by Crippen LogP contribution is 2.35. The van der Waals surface area contributed by atoms with E-state index in [4.69, 9.17) is 9.47 Å². The van der Waals surface area contributed by atoms with Crippen LogP contribution < -0.4 is 9.47 Å². The van der Waals surface area contributed by atoms with E-state index in [-0.39, 0.29) is 0 Å². The normalized spacial score (nSPS) is 10.4. The Balaban J connectivity index is 2.10. The molecule has 0 amide bonds. The summed E-state index contributed by atoms with van der Waals surface area (Å²) in [6.07, 6.45) is 0. The Morgan fingerprint density at radius 2 is 1.55 bits per heavy atom. The third kappa shape index (κ3) is 3.99. The Hall–Kier alpha value is -0.520. The van der Waals surface area contributed by atoms with Crippen LogP contribution in [0.1, 0.15) is 11.1 Å². The Morgan fingerprint density at radius 3 is 2.05 bits per heavy atom. The third-order valence-electron chi connectivity index (χ3n) is 2.75. The van der Waals surface area contributed by atoms with Crippen molar-refractivity contribution < 1.29 is 9.47 Å². The van der Waals surface area contributed by atoms with Gasteiger partial charge in [-0.1, -0.05) is 28.1 Å². The molecule has 2 aromatic rings. The van der Waals surface area contributed by atoms with Gasteiger partial charge in [-0.15, -0.1) is 0 Å². The largest absolute Gasteiger partial charge is 0.497 e. The molecule has 5 heteroatoms. The summed E-state index contributed by atoms with van der Waals surface area (Å²) >= 11 is 10.5. The summed E-state index contributed by atoms with van der Waals surface area (Å²) in [5.74, 6) is 1.66. The average Bonchev–Trinajstić information content (AvgIpc) is 2.46. The first-order chi connectivity index (χ1) is 9.63. The average molecular weight is 465 g/mol. The zero-order chi connectivity index (χ0) is 14.5. The molecule has 0 atom stereocenters. The highest BCUT2D eigenvalue weighted by molar-refractivity contribution is 9.11. The van der Waals surface area contributed by atoms with E-state index in [1.807, 2.05) is 36.4 Å². The predicted octanol–water partition coefficient (Wildman–Crippen LogP) is 5.69. The summed E-state index contributed by atoms with van der Waals surface area (Å²) in [5.41, 5.74) is 2.27. The Labute approximate surface area is 143 Å². The van der Waals surface area contributed by atoms with Crippen molar-refractivity contribution in [2.45, 2.75) is 11.9 Å². The monoisotopic (exact) mass is 462 g/mol. The van der Waals surface area contributed by atoms with Gasteiger partial charge in [-0.05, 0) is 67.3 Å². The molecule has 0 radical (unpaired) electrons. The number of hydrogen-bond acceptors (Lipinski definition) is 2. The number of benzene rings is 2. The Bertz CT molecular complexity index is 559. The molecule has 0 aliphatic heterocycles. The minimum atomic E-state index is 0.509. The van der Waals surface area contributed by atoms with Crippen molar-refractivity contribution in [1.29, 1.82) is 0 Å². The van der Waals surface area contributed by atoms with Crippen molar-refractivity contribution in [2.24, 2.45) is 0 Å². The number of halogens is 3. The minimum Gasteiger partial charge on any atom is -0.497 e. The van der Waals surface area contributed by atoms with Gasteiger partial charge in [-0.25, -0.2) is 0 Å². The van der Waals surface area contributed by atoms with Gasteiger partial charge in [-0.3, -0.25) is 0 Å². The number of ether oxygens (including phenoxy) is 2. The van der Waals surface area contributed by atoms with Crippen molar-refractivity contribution in [1.82, 2.24) is 0 Å².